The highest BCUT2D eigenvalue weighted by Gasteiger charge is 2.40. The molecule has 0 aromatic heterocycles. The molecule has 2 atom stereocenters. The molecule has 4 rings (SSSR count). The summed E-state index contributed by atoms with van der Waals surface area (Å²) in [5.74, 6) is 0.522. The molecule has 0 saturated carbocycles. The summed E-state index contributed by atoms with van der Waals surface area (Å²) in [6.07, 6.45) is 2.06. The Morgan fingerprint density at radius 1 is 1.22 bits per heavy atom. The van der Waals surface area contributed by atoms with Gasteiger partial charge in [-0.15, -0.1) is 0 Å². The second kappa shape index (κ2) is 10.7. The van der Waals surface area contributed by atoms with Crippen LogP contribution in [0.4, 0.5) is 5.69 Å². The zero-order valence-corrected chi connectivity index (χ0v) is 18.8. The van der Waals surface area contributed by atoms with E-state index in [9.17, 15) is 9.59 Å². The number of carbonyl (C=O) groups is 2. The van der Waals surface area contributed by atoms with Gasteiger partial charge in [0.15, 0.2) is 5.17 Å². The van der Waals surface area contributed by atoms with E-state index in [2.05, 4.69) is 10.3 Å². The third-order valence-electron chi connectivity index (χ3n) is 5.43. The first-order chi connectivity index (χ1) is 15.6. The van der Waals surface area contributed by atoms with Crippen LogP contribution in [0.25, 0.3) is 0 Å². The summed E-state index contributed by atoms with van der Waals surface area (Å²) in [6, 6.07) is 17.1. The summed E-state index contributed by atoms with van der Waals surface area (Å²) in [6.45, 7) is 1.60. The van der Waals surface area contributed by atoms with Gasteiger partial charge < -0.3 is 14.8 Å². The van der Waals surface area contributed by atoms with E-state index in [1.54, 1.807) is 12.0 Å². The molecule has 2 saturated heterocycles. The van der Waals surface area contributed by atoms with E-state index in [0.29, 0.717) is 18.3 Å². The summed E-state index contributed by atoms with van der Waals surface area (Å²) in [5.41, 5.74) is 1.75. The van der Waals surface area contributed by atoms with Gasteiger partial charge in [0.05, 0.1) is 25.4 Å². The van der Waals surface area contributed by atoms with Crippen LogP contribution in [0.15, 0.2) is 59.6 Å². The van der Waals surface area contributed by atoms with Gasteiger partial charge >= 0.3 is 0 Å². The molecule has 0 radical (unpaired) electrons. The van der Waals surface area contributed by atoms with Crippen molar-refractivity contribution in [2.75, 3.05) is 20.3 Å². The number of hydrogen-bond donors (Lipinski definition) is 1. The normalized spacial score (nSPS) is 21.8. The largest absolute Gasteiger partial charge is 0.497 e. The number of para-hydroxylation sites is 1. The number of amidine groups is 1. The molecule has 1 N–H and O–H groups in total. The number of hydrogen-bond acceptors (Lipinski definition) is 6. The van der Waals surface area contributed by atoms with Gasteiger partial charge in [0.2, 0.25) is 11.8 Å². The average Bonchev–Trinajstić information content (AvgIpc) is 3.43. The van der Waals surface area contributed by atoms with Crippen molar-refractivity contribution in [3.05, 3.63) is 60.2 Å². The van der Waals surface area contributed by atoms with Crippen molar-refractivity contribution in [1.82, 2.24) is 10.2 Å². The Labute approximate surface area is 192 Å². The van der Waals surface area contributed by atoms with E-state index in [-0.39, 0.29) is 24.3 Å². The van der Waals surface area contributed by atoms with Gasteiger partial charge in [-0.25, -0.2) is 4.99 Å². The third-order valence-corrected chi connectivity index (χ3v) is 6.61. The summed E-state index contributed by atoms with van der Waals surface area (Å²) in [4.78, 5) is 32.1. The number of benzene rings is 2. The molecule has 0 aliphatic carbocycles. The molecule has 2 aromatic rings. The molecule has 2 amide bonds. The molecule has 7 nitrogen and oxygen atoms in total. The Bertz CT molecular complexity index is 959. The van der Waals surface area contributed by atoms with Crippen LogP contribution in [0.2, 0.25) is 0 Å². The summed E-state index contributed by atoms with van der Waals surface area (Å²) in [7, 11) is 1.62. The van der Waals surface area contributed by atoms with Gasteiger partial charge in [-0.05, 0) is 42.7 Å². The minimum atomic E-state index is -0.491. The van der Waals surface area contributed by atoms with E-state index < -0.39 is 5.25 Å². The van der Waals surface area contributed by atoms with Crippen molar-refractivity contribution in [2.45, 2.75) is 37.2 Å². The molecule has 8 heteroatoms. The second-order valence-corrected chi connectivity index (χ2v) is 8.92. The van der Waals surface area contributed by atoms with Crippen LogP contribution in [-0.4, -0.2) is 53.5 Å². The van der Waals surface area contributed by atoms with Gasteiger partial charge in [-0.2, -0.15) is 0 Å². The fourth-order valence-corrected chi connectivity index (χ4v) is 4.85. The molecule has 168 valence electrons. The Kier molecular flexibility index (Phi) is 7.44. The van der Waals surface area contributed by atoms with E-state index in [1.807, 2.05) is 54.6 Å². The lowest BCUT2D eigenvalue weighted by atomic mass is 10.2. The van der Waals surface area contributed by atoms with Crippen molar-refractivity contribution in [3.63, 3.8) is 0 Å². The highest BCUT2D eigenvalue weighted by Crippen LogP contribution is 2.32. The maximum Gasteiger partial charge on any atom is 0.242 e. The number of aliphatic imine (C=N–C) groups is 1. The van der Waals surface area contributed by atoms with Gasteiger partial charge in [-0.1, -0.05) is 42.1 Å². The number of rotatable bonds is 8. The lowest BCUT2D eigenvalue weighted by molar-refractivity contribution is -0.130. The predicted octanol–water partition coefficient (Wildman–Crippen LogP) is 3.51. The molecule has 2 fully saturated rings. The van der Waals surface area contributed by atoms with Crippen LogP contribution >= 0.6 is 11.8 Å². The first-order valence-electron chi connectivity index (χ1n) is 10.8. The Hall–Kier alpha value is -2.84. The van der Waals surface area contributed by atoms with E-state index in [4.69, 9.17) is 9.47 Å². The van der Waals surface area contributed by atoms with E-state index in [1.165, 1.54) is 11.8 Å². The van der Waals surface area contributed by atoms with E-state index >= 15 is 0 Å². The first kappa shape index (κ1) is 22.4. The molecule has 2 aromatic carbocycles. The topological polar surface area (TPSA) is 80.2 Å². The van der Waals surface area contributed by atoms with Crippen molar-refractivity contribution >= 4 is 34.4 Å². The van der Waals surface area contributed by atoms with Gasteiger partial charge in [0.25, 0.3) is 0 Å². The van der Waals surface area contributed by atoms with Crippen LogP contribution in [0.1, 0.15) is 24.8 Å². The number of methoxy groups -OCH3 is 1. The highest BCUT2D eigenvalue weighted by atomic mass is 32.2. The number of ether oxygens (including phenoxy) is 2. The van der Waals surface area contributed by atoms with Crippen LogP contribution < -0.4 is 10.1 Å². The number of nitrogens with one attached hydrogen (secondary N) is 1. The molecule has 0 unspecified atom stereocenters. The molecule has 2 heterocycles. The quantitative estimate of drug-likeness (QED) is 0.662. The van der Waals surface area contributed by atoms with Gasteiger partial charge in [0.1, 0.15) is 11.0 Å². The SMILES string of the molecule is COc1ccc(CNC(=O)C[C@H]2SC(=Nc3ccccc3)N(C[C@H]3CCCO3)C2=O)cc1. The first-order valence-corrected chi connectivity index (χ1v) is 11.6. The van der Waals surface area contributed by atoms with Gasteiger partial charge in [-0.3, -0.25) is 14.5 Å². The third kappa shape index (κ3) is 5.69. The van der Waals surface area contributed by atoms with Crippen molar-refractivity contribution in [3.8, 4) is 5.75 Å². The summed E-state index contributed by atoms with van der Waals surface area (Å²) in [5, 5.41) is 3.05. The molecule has 0 bridgehead atoms. The molecular formula is C24H27N3O4S. The summed E-state index contributed by atoms with van der Waals surface area (Å²) < 4.78 is 10.9. The van der Waals surface area contributed by atoms with E-state index in [0.717, 1.165) is 36.4 Å². The van der Waals surface area contributed by atoms with Crippen LogP contribution in [0, 0.1) is 0 Å². The smallest absolute Gasteiger partial charge is 0.242 e. The Balaban J connectivity index is 1.40. The molecule has 32 heavy (non-hydrogen) atoms. The maximum atomic E-state index is 13.1. The number of thioether (sulfide) groups is 1. The minimum Gasteiger partial charge on any atom is -0.497 e. The Morgan fingerprint density at radius 3 is 2.69 bits per heavy atom. The van der Waals surface area contributed by atoms with Crippen molar-refractivity contribution in [2.24, 2.45) is 4.99 Å². The zero-order chi connectivity index (χ0) is 22.3. The average molecular weight is 454 g/mol. The monoisotopic (exact) mass is 453 g/mol. The number of amides is 2. The number of carbonyl (C=O) groups excluding carboxylic acids is 2. The van der Waals surface area contributed by atoms with Crippen LogP contribution in [0.3, 0.4) is 0 Å². The second-order valence-electron chi connectivity index (χ2n) is 7.75. The number of nitrogens with zero attached hydrogens (tertiary/aromatic N) is 2. The minimum absolute atomic E-state index is 0.0168. The maximum absolute atomic E-state index is 13.1. The Morgan fingerprint density at radius 2 is 2.00 bits per heavy atom. The zero-order valence-electron chi connectivity index (χ0n) is 18.0. The lowest BCUT2D eigenvalue weighted by Gasteiger charge is -2.20. The fraction of sp³-hybridized carbons (Fsp3) is 0.375. The molecule has 2 aliphatic heterocycles. The van der Waals surface area contributed by atoms with Crippen molar-refractivity contribution < 1.29 is 19.1 Å². The van der Waals surface area contributed by atoms with Crippen LogP contribution in [-0.2, 0) is 20.9 Å². The molecular weight excluding hydrogens is 426 g/mol. The fourth-order valence-electron chi connectivity index (χ4n) is 3.68. The summed E-state index contributed by atoms with van der Waals surface area (Å²) >= 11 is 1.35. The van der Waals surface area contributed by atoms with Crippen LogP contribution in [0.5, 0.6) is 5.75 Å². The molecule has 2 aliphatic rings. The molecule has 0 spiro atoms. The highest BCUT2D eigenvalue weighted by molar-refractivity contribution is 8.15. The lowest BCUT2D eigenvalue weighted by Crippen LogP contribution is -2.39. The van der Waals surface area contributed by atoms with Crippen molar-refractivity contribution in [1.29, 1.82) is 0 Å². The standard InChI is InChI=1S/C24H27N3O4S/c1-30-19-11-9-17(10-12-19)15-25-22(28)14-21-23(29)27(16-20-8-5-13-31-20)24(32-21)26-18-6-3-2-4-7-18/h2-4,6-7,9-12,20-21H,5,8,13-16H2,1H3,(H,25,28)/t20-,21-/m1/s1. The van der Waals surface area contributed by atoms with Gasteiger partial charge in [0, 0.05) is 19.6 Å². The predicted molar refractivity (Wildman–Crippen MR) is 125 cm³/mol.